The number of phosphoric ester groups is 1. The van der Waals surface area contributed by atoms with E-state index in [9.17, 15) is 13.8 Å². The van der Waals surface area contributed by atoms with Gasteiger partial charge in [-0.05, 0) is 25.8 Å². The predicted octanol–water partition coefficient (Wildman–Crippen LogP) is 2.35. The zero-order valence-corrected chi connectivity index (χ0v) is 26.9. The van der Waals surface area contributed by atoms with E-state index in [0.717, 1.165) is 23.7 Å². The summed E-state index contributed by atoms with van der Waals surface area (Å²) < 4.78 is 43.1. The van der Waals surface area contributed by atoms with Gasteiger partial charge >= 0.3 is 185 Å². The average molecular weight is 691 g/mol. The van der Waals surface area contributed by atoms with E-state index in [1.807, 2.05) is 0 Å². The summed E-state index contributed by atoms with van der Waals surface area (Å²) in [6, 6.07) is 11.4. The van der Waals surface area contributed by atoms with E-state index in [4.69, 9.17) is 23.8 Å². The van der Waals surface area contributed by atoms with Gasteiger partial charge in [-0.15, -0.1) is 0 Å². The summed E-state index contributed by atoms with van der Waals surface area (Å²) in [5.41, 5.74) is 0.627. The Morgan fingerprint density at radius 2 is 2.07 bits per heavy atom. The van der Waals surface area contributed by atoms with Crippen LogP contribution >= 0.6 is 7.82 Å². The molecule has 0 spiro atoms. The Balaban J connectivity index is 1.18. The molecular weight excluding hydrogens is 657 g/mol. The Morgan fingerprint density at radius 1 is 1.20 bits per heavy atom. The van der Waals surface area contributed by atoms with Gasteiger partial charge in [0.2, 0.25) is 0 Å². The number of hydrogen-bond acceptors (Lipinski definition) is 10. The second-order valence-electron chi connectivity index (χ2n) is 10.1. The molecule has 1 saturated heterocycles. The van der Waals surface area contributed by atoms with Crippen molar-refractivity contribution in [1.82, 2.24) is 24.6 Å². The Bertz CT molecular complexity index is 1650. The topological polar surface area (TPSA) is 161 Å². The third kappa shape index (κ3) is 8.84. The Morgan fingerprint density at radius 3 is 2.86 bits per heavy atom. The first-order valence-electron chi connectivity index (χ1n) is 13.9. The van der Waals surface area contributed by atoms with Gasteiger partial charge in [0.1, 0.15) is 0 Å². The van der Waals surface area contributed by atoms with Crippen molar-refractivity contribution in [3.05, 3.63) is 60.8 Å². The molecular formula is C28H33AsFN6O7P. The molecule has 3 N–H and O–H groups in total. The zero-order chi connectivity index (χ0) is 31.1. The van der Waals surface area contributed by atoms with Crippen molar-refractivity contribution in [2.75, 3.05) is 38.7 Å². The van der Waals surface area contributed by atoms with Gasteiger partial charge in [-0.3, -0.25) is 9.42 Å². The SMILES string of the molecule is COc1cc2c(Nc3ccn(CC(=O)[AsH]c4cccc(F)c4)n3)ncnc2cc1OCCCN1CCC[C@@H]1COP(=O)(O)O. The van der Waals surface area contributed by atoms with E-state index < -0.39 is 23.6 Å². The van der Waals surface area contributed by atoms with Crippen LogP contribution in [-0.2, 0) is 20.4 Å². The van der Waals surface area contributed by atoms with E-state index in [1.165, 1.54) is 18.5 Å². The van der Waals surface area contributed by atoms with Gasteiger partial charge in [-0.2, -0.15) is 0 Å². The number of methoxy groups -OCH3 is 1. The number of benzene rings is 2. The van der Waals surface area contributed by atoms with E-state index >= 15 is 0 Å². The van der Waals surface area contributed by atoms with E-state index in [-0.39, 0.29) is 29.6 Å². The average Bonchev–Trinajstić information content (AvgIpc) is 3.62. The number of hydrogen-bond donors (Lipinski definition) is 3. The Kier molecular flexibility index (Phi) is 10.6. The number of fused-ring (bicyclic) bond motifs is 1. The van der Waals surface area contributed by atoms with Gasteiger partial charge in [0.25, 0.3) is 0 Å². The monoisotopic (exact) mass is 690 g/mol. The molecule has 2 aromatic carbocycles. The predicted molar refractivity (Wildman–Crippen MR) is 162 cm³/mol. The summed E-state index contributed by atoms with van der Waals surface area (Å²) in [6.45, 7) is 2.03. The fourth-order valence-corrected chi connectivity index (χ4v) is 7.36. The Hall–Kier alpha value is -3.38. The third-order valence-electron chi connectivity index (χ3n) is 7.00. The molecule has 0 radical (unpaired) electrons. The molecule has 4 aromatic rings. The van der Waals surface area contributed by atoms with Gasteiger partial charge in [0, 0.05) is 12.6 Å². The normalized spacial score (nSPS) is 15.8. The summed E-state index contributed by atoms with van der Waals surface area (Å²) in [5, 5.41) is 8.31. The molecule has 0 amide bonds. The van der Waals surface area contributed by atoms with Gasteiger partial charge in [-0.1, -0.05) is 0 Å². The minimum Gasteiger partial charge on any atom is -0.303 e. The smallest absolute Gasteiger partial charge is 0.303 e. The summed E-state index contributed by atoms with van der Waals surface area (Å²) in [4.78, 5) is 41.5. The number of anilines is 2. The van der Waals surface area contributed by atoms with E-state index in [2.05, 4.69) is 25.3 Å². The summed E-state index contributed by atoms with van der Waals surface area (Å²) in [5.74, 6) is 1.68. The minimum absolute atomic E-state index is 0.00393. The third-order valence-corrected chi connectivity index (χ3v) is 9.66. The minimum atomic E-state index is -4.49. The molecule has 13 nitrogen and oxygen atoms in total. The molecule has 0 saturated carbocycles. The number of carbonyl (C=O) groups is 1. The molecule has 234 valence electrons. The quantitative estimate of drug-likeness (QED) is 0.0951. The van der Waals surface area contributed by atoms with Crippen LogP contribution in [0.15, 0.2) is 55.0 Å². The number of ether oxygens (including phenoxy) is 2. The number of halogens is 1. The summed E-state index contributed by atoms with van der Waals surface area (Å²) >= 11 is -1.16. The summed E-state index contributed by atoms with van der Waals surface area (Å²) in [7, 11) is -2.94. The molecule has 2 aromatic heterocycles. The van der Waals surface area contributed by atoms with Crippen molar-refractivity contribution in [2.24, 2.45) is 0 Å². The molecule has 1 aliphatic rings. The van der Waals surface area contributed by atoms with Gasteiger partial charge in [-0.25, -0.2) is 4.57 Å². The number of likely N-dealkylation sites (tertiary alicyclic amines) is 1. The van der Waals surface area contributed by atoms with Crippen LogP contribution in [0.5, 0.6) is 11.5 Å². The van der Waals surface area contributed by atoms with Crippen LogP contribution in [0.1, 0.15) is 19.3 Å². The van der Waals surface area contributed by atoms with Crippen LogP contribution in [0.2, 0.25) is 0 Å². The molecule has 44 heavy (non-hydrogen) atoms. The Labute approximate surface area is 259 Å². The molecule has 3 heterocycles. The van der Waals surface area contributed by atoms with Gasteiger partial charge in [0.15, 0.2) is 0 Å². The second kappa shape index (κ2) is 14.6. The number of aromatic nitrogens is 4. The van der Waals surface area contributed by atoms with Crippen LogP contribution in [0.25, 0.3) is 10.9 Å². The number of phosphoric acid groups is 1. The molecule has 1 unspecified atom stereocenters. The van der Waals surface area contributed by atoms with Gasteiger partial charge < -0.3 is 9.79 Å². The van der Waals surface area contributed by atoms with Crippen molar-refractivity contribution < 1.29 is 37.5 Å². The van der Waals surface area contributed by atoms with Crippen molar-refractivity contribution in [2.45, 2.75) is 31.8 Å². The van der Waals surface area contributed by atoms with E-state index in [0.29, 0.717) is 53.6 Å². The maximum absolute atomic E-state index is 13.5. The van der Waals surface area contributed by atoms with E-state index in [1.54, 1.807) is 48.3 Å². The first-order chi connectivity index (χ1) is 21.2. The van der Waals surface area contributed by atoms with Crippen LogP contribution in [0, 0.1) is 5.82 Å². The van der Waals surface area contributed by atoms with Crippen molar-refractivity contribution in [3.63, 3.8) is 0 Å². The first kappa shape index (κ1) is 32.0. The molecule has 2 atom stereocenters. The number of nitrogens with zero attached hydrogens (tertiary/aromatic N) is 5. The molecule has 16 heteroatoms. The maximum atomic E-state index is 13.5. The summed E-state index contributed by atoms with van der Waals surface area (Å²) in [6.07, 6.45) is 5.59. The zero-order valence-electron chi connectivity index (χ0n) is 23.9. The van der Waals surface area contributed by atoms with Crippen molar-refractivity contribution in [3.8, 4) is 11.5 Å². The number of carbonyl (C=O) groups excluding carboxylic acids is 1. The molecule has 1 fully saturated rings. The van der Waals surface area contributed by atoms with Crippen molar-refractivity contribution >= 4 is 55.0 Å². The second-order valence-corrected chi connectivity index (χ2v) is 14.3. The fraction of sp³-hybridized carbons (Fsp3) is 0.357. The molecule has 0 aliphatic carbocycles. The number of rotatable bonds is 15. The fourth-order valence-electron chi connectivity index (χ4n) is 5.00. The molecule has 0 bridgehead atoms. The van der Waals surface area contributed by atoms with Crippen LogP contribution in [0.3, 0.4) is 0 Å². The molecule has 1 aliphatic heterocycles. The van der Waals surface area contributed by atoms with Crippen LogP contribution in [-0.4, -0.2) is 94.2 Å². The standard InChI is InChI=1S/C28H33AsFN6O7P/c1-41-24-14-22-23(15-25(24)42-12-4-10-35-9-3-7-21(35)17-43-44(38,39)40)31-18-32-28(22)33-27-8-11-36(34-27)16-26(37)29-19-5-2-6-20(30)13-19/h2,5-6,8,11,13-15,18,21,29H,3-4,7,9-10,12,16-17H2,1H3,(H2,38,39,40)(H,31,32,33,34)/t21-/m1/s1. The molecule has 5 rings (SSSR count). The van der Waals surface area contributed by atoms with Crippen LogP contribution < -0.4 is 19.1 Å². The van der Waals surface area contributed by atoms with Crippen molar-refractivity contribution in [1.29, 1.82) is 0 Å². The van der Waals surface area contributed by atoms with Crippen LogP contribution in [0.4, 0.5) is 16.0 Å². The first-order valence-corrected chi connectivity index (χ1v) is 17.6. The van der Waals surface area contributed by atoms with Gasteiger partial charge in [0.05, 0.1) is 13.2 Å². The number of nitrogens with one attached hydrogen (secondary N) is 1.